The molecule has 4 aromatic carbocycles. The molecule has 0 aromatic heterocycles. The number of aromatic hydroxyl groups is 1. The summed E-state index contributed by atoms with van der Waals surface area (Å²) in [5, 5.41) is 40.8. The van der Waals surface area contributed by atoms with Crippen LogP contribution in [0.1, 0.15) is 73.1 Å². The lowest BCUT2D eigenvalue weighted by Gasteiger charge is -2.40. The fourth-order valence-corrected chi connectivity index (χ4v) is 10.9. The van der Waals surface area contributed by atoms with E-state index in [0.717, 1.165) is 11.8 Å². The van der Waals surface area contributed by atoms with Gasteiger partial charge in [0.2, 0.25) is 21.8 Å². The number of amides is 3. The van der Waals surface area contributed by atoms with E-state index in [9.17, 15) is 42.9 Å². The molecule has 3 amide bonds. The number of hydrogen-bond donors (Lipinski definition) is 7. The van der Waals surface area contributed by atoms with Gasteiger partial charge in [0.25, 0.3) is 0 Å². The monoisotopic (exact) mass is 890 g/mol. The molecule has 17 heteroatoms. The molecule has 1 saturated carbocycles. The zero-order chi connectivity index (χ0) is 44.8. The van der Waals surface area contributed by atoms with Crippen LogP contribution >= 0.6 is 7.80 Å². The molecule has 1 aliphatic rings. The van der Waals surface area contributed by atoms with Crippen molar-refractivity contribution in [1.82, 2.24) is 20.7 Å². The lowest BCUT2D eigenvalue weighted by Crippen LogP contribution is -2.57. The maximum Gasteiger partial charge on any atom is 0.407 e. The molecule has 0 radical (unpaired) electrons. The van der Waals surface area contributed by atoms with Gasteiger partial charge in [-0.15, -0.1) is 0 Å². The number of unbranched alkanes of at least 4 members (excludes halogenated alkanes) is 1. The van der Waals surface area contributed by atoms with Crippen molar-refractivity contribution in [1.29, 1.82) is 0 Å². The standard InChI is InChI=1S/C45H55N4O11PS/c1-62(58,59)49-37(21-11-14-28-46-43(55)60-30-33-15-5-2-6-16-33)40(51)48-45(56,39(34-17-7-3-8-18-34)35-19-9-4-10-20-35)61(57)31-44(26-12-13-27-44)42(54)47-38(41(52)53)29-32-22-24-36(50)25-23-32/h2-10,15-20,22-25,37-39,49-50,56,61H,11-14,21,26-31H2,1H3,(H,46,55)(H,47,54)(H,48,51)(H,52,53)/t37-,38-,45+/m0/s1. The highest BCUT2D eigenvalue weighted by molar-refractivity contribution is 7.88. The van der Waals surface area contributed by atoms with Crippen LogP contribution < -0.4 is 20.7 Å². The lowest BCUT2D eigenvalue weighted by atomic mass is 9.86. The molecule has 332 valence electrons. The van der Waals surface area contributed by atoms with Gasteiger partial charge in [0.15, 0.2) is 5.47 Å². The van der Waals surface area contributed by atoms with Crippen LogP contribution in [-0.4, -0.2) is 84.1 Å². The van der Waals surface area contributed by atoms with Gasteiger partial charge >= 0.3 is 12.1 Å². The molecule has 4 aromatic rings. The summed E-state index contributed by atoms with van der Waals surface area (Å²) in [7, 11) is -7.57. The summed E-state index contributed by atoms with van der Waals surface area (Å²) in [6.07, 6.45) is 1.83. The number of alkyl carbamates (subject to hydrolysis) is 1. The molecule has 15 nitrogen and oxygen atoms in total. The molecule has 7 N–H and O–H groups in total. The molecule has 1 fully saturated rings. The smallest absolute Gasteiger partial charge is 0.407 e. The Hall–Kier alpha value is -5.54. The van der Waals surface area contributed by atoms with Crippen LogP contribution in [0.3, 0.4) is 0 Å². The third-order valence-electron chi connectivity index (χ3n) is 11.0. The molecular weight excluding hydrogens is 836 g/mol. The number of carbonyl (C=O) groups is 4. The number of carboxylic acid groups (broad SMARTS) is 1. The highest BCUT2D eigenvalue weighted by Crippen LogP contribution is 2.54. The highest BCUT2D eigenvalue weighted by Gasteiger charge is 2.52. The van der Waals surface area contributed by atoms with Crippen molar-refractivity contribution in [3.63, 3.8) is 0 Å². The Kier molecular flexibility index (Phi) is 16.9. The zero-order valence-corrected chi connectivity index (χ0v) is 36.3. The number of hydrogen-bond acceptors (Lipinski definition) is 10. The SMILES string of the molecule is CS(=O)(=O)N[C@@H](CCCCNC(=O)OCc1ccccc1)C(=O)N[C@@](O)(C(c1ccccc1)c1ccccc1)[PH](=O)CC1(C(=O)N[C@@H](Cc2ccc(O)cc2)C(=O)O)CCCC1. The third kappa shape index (κ3) is 13.5. The van der Waals surface area contributed by atoms with Gasteiger partial charge in [-0.05, 0) is 66.5 Å². The summed E-state index contributed by atoms with van der Waals surface area (Å²) in [4.78, 5) is 53.4. The highest BCUT2D eigenvalue weighted by atomic mass is 32.2. The molecule has 1 aliphatic carbocycles. The van der Waals surface area contributed by atoms with Crippen LogP contribution in [0.2, 0.25) is 0 Å². The number of benzene rings is 4. The molecule has 5 rings (SSSR count). The van der Waals surface area contributed by atoms with E-state index in [1.165, 1.54) is 12.1 Å². The lowest BCUT2D eigenvalue weighted by molar-refractivity contribution is -0.143. The quantitative estimate of drug-likeness (QED) is 0.0306. The van der Waals surface area contributed by atoms with E-state index in [1.807, 2.05) is 30.3 Å². The van der Waals surface area contributed by atoms with Gasteiger partial charge in [-0.25, -0.2) is 22.7 Å². The number of nitrogens with one attached hydrogen (secondary N) is 4. The van der Waals surface area contributed by atoms with Crippen LogP contribution in [0.4, 0.5) is 4.79 Å². The van der Waals surface area contributed by atoms with Gasteiger partial charge in [-0.1, -0.05) is 116 Å². The summed E-state index contributed by atoms with van der Waals surface area (Å²) >= 11 is 0. The second-order valence-corrected chi connectivity index (χ2v) is 19.5. The summed E-state index contributed by atoms with van der Waals surface area (Å²) in [6.45, 7) is 0.228. The van der Waals surface area contributed by atoms with Crippen molar-refractivity contribution in [2.45, 2.75) is 81.4 Å². The molecule has 62 heavy (non-hydrogen) atoms. The number of aliphatic carboxylic acids is 1. The predicted molar refractivity (Wildman–Crippen MR) is 234 cm³/mol. The van der Waals surface area contributed by atoms with Crippen LogP contribution in [-0.2, 0) is 46.7 Å². The van der Waals surface area contributed by atoms with Crippen molar-refractivity contribution in [2.75, 3.05) is 19.0 Å². The average molecular weight is 891 g/mol. The van der Waals surface area contributed by atoms with Crippen LogP contribution in [0.5, 0.6) is 5.75 Å². The van der Waals surface area contributed by atoms with Crippen LogP contribution in [0.25, 0.3) is 0 Å². The first-order valence-electron chi connectivity index (χ1n) is 20.5. The third-order valence-corrected chi connectivity index (χ3v) is 14.0. The van der Waals surface area contributed by atoms with E-state index in [1.54, 1.807) is 72.8 Å². The number of rotatable bonds is 22. The summed E-state index contributed by atoms with van der Waals surface area (Å²) in [5.41, 5.74) is -1.66. The molecule has 0 bridgehead atoms. The normalized spacial score (nSPS) is 16.0. The minimum absolute atomic E-state index is 0.00625. The predicted octanol–water partition coefficient (Wildman–Crippen LogP) is 5.23. The maximum absolute atomic E-state index is 15.2. The summed E-state index contributed by atoms with van der Waals surface area (Å²) in [5.74, 6) is -4.10. The molecule has 4 atom stereocenters. The fourth-order valence-electron chi connectivity index (χ4n) is 7.84. The number of carboxylic acids is 1. The molecule has 1 unspecified atom stereocenters. The fraction of sp³-hybridized carbons (Fsp3) is 0.378. The number of sulfonamides is 1. The van der Waals surface area contributed by atoms with Crippen LogP contribution in [0.15, 0.2) is 115 Å². The average Bonchev–Trinajstić information content (AvgIpc) is 3.73. The van der Waals surface area contributed by atoms with Gasteiger partial charge in [0.05, 0.1) is 17.6 Å². The summed E-state index contributed by atoms with van der Waals surface area (Å²) < 4.78 is 48.0. The van der Waals surface area contributed by atoms with E-state index in [2.05, 4.69) is 20.7 Å². The number of carbonyl (C=O) groups excluding carboxylic acids is 3. The Labute approximate surface area is 362 Å². The first-order valence-corrected chi connectivity index (χ1v) is 24.0. The number of ether oxygens (including phenoxy) is 1. The van der Waals surface area contributed by atoms with Crippen molar-refractivity contribution < 1.29 is 52.2 Å². The largest absolute Gasteiger partial charge is 0.508 e. The minimum Gasteiger partial charge on any atom is -0.508 e. The first-order chi connectivity index (χ1) is 29.6. The Balaban J connectivity index is 1.40. The van der Waals surface area contributed by atoms with E-state index >= 15 is 4.57 Å². The zero-order valence-electron chi connectivity index (χ0n) is 34.5. The van der Waals surface area contributed by atoms with Crippen molar-refractivity contribution >= 4 is 41.7 Å². The van der Waals surface area contributed by atoms with E-state index in [0.29, 0.717) is 36.0 Å². The van der Waals surface area contributed by atoms with Crippen molar-refractivity contribution in [3.05, 3.63) is 138 Å². The van der Waals surface area contributed by atoms with Crippen LogP contribution in [0, 0.1) is 5.41 Å². The van der Waals surface area contributed by atoms with E-state index in [-0.39, 0.29) is 51.0 Å². The molecule has 0 heterocycles. The number of aliphatic hydroxyl groups is 1. The Morgan fingerprint density at radius 2 is 1.37 bits per heavy atom. The van der Waals surface area contributed by atoms with Gasteiger partial charge in [-0.2, -0.15) is 0 Å². The van der Waals surface area contributed by atoms with Crippen molar-refractivity contribution in [3.8, 4) is 5.75 Å². The maximum atomic E-state index is 15.2. The molecule has 0 saturated heterocycles. The Bertz CT molecular complexity index is 2210. The van der Waals surface area contributed by atoms with Gasteiger partial charge in [0, 0.05) is 19.1 Å². The molecule has 0 spiro atoms. The number of phenols is 1. The minimum atomic E-state index is -4.01. The molecular formula is C45H55N4O11PS. The van der Waals surface area contributed by atoms with Gasteiger partial charge in [0.1, 0.15) is 32.2 Å². The van der Waals surface area contributed by atoms with Gasteiger partial charge < -0.3 is 40.6 Å². The number of phenolic OH excluding ortho intramolecular Hbond substituents is 1. The van der Waals surface area contributed by atoms with E-state index in [4.69, 9.17) is 4.74 Å². The second kappa shape index (κ2) is 22.0. The summed E-state index contributed by atoms with van der Waals surface area (Å²) in [6, 6.07) is 29.4. The topological polar surface area (TPSA) is 238 Å². The van der Waals surface area contributed by atoms with E-state index < -0.39 is 76.7 Å². The Morgan fingerprint density at radius 1 is 0.806 bits per heavy atom. The van der Waals surface area contributed by atoms with Gasteiger partial charge in [-0.3, -0.25) is 9.59 Å². The molecule has 0 aliphatic heterocycles. The first kappa shape index (κ1) is 47.5. The van der Waals surface area contributed by atoms with Crippen molar-refractivity contribution in [2.24, 2.45) is 5.41 Å². The Morgan fingerprint density at radius 3 is 1.92 bits per heavy atom. The second-order valence-electron chi connectivity index (χ2n) is 15.8.